The summed E-state index contributed by atoms with van der Waals surface area (Å²) >= 11 is 0. The van der Waals surface area contributed by atoms with Gasteiger partial charge in [0.05, 0.1) is 12.1 Å². The van der Waals surface area contributed by atoms with Gasteiger partial charge in [0.2, 0.25) is 5.91 Å². The van der Waals surface area contributed by atoms with Crippen molar-refractivity contribution in [2.24, 2.45) is 0 Å². The van der Waals surface area contributed by atoms with Crippen molar-refractivity contribution in [3.05, 3.63) is 64.5 Å². The second kappa shape index (κ2) is 7.16. The summed E-state index contributed by atoms with van der Waals surface area (Å²) in [6, 6.07) is 6.94. The lowest BCUT2D eigenvalue weighted by Crippen LogP contribution is -2.33. The molecule has 0 saturated carbocycles. The van der Waals surface area contributed by atoms with Gasteiger partial charge >= 0.3 is 0 Å². The number of hydrogen-bond donors (Lipinski definition) is 2. The highest BCUT2D eigenvalue weighted by Gasteiger charge is 2.19. The Morgan fingerprint density at radius 2 is 1.71 bits per heavy atom. The monoisotopic (exact) mass is 336 g/mol. The minimum Gasteiger partial charge on any atom is -0.343 e. The van der Waals surface area contributed by atoms with Gasteiger partial charge in [-0.15, -0.1) is 0 Å². The Hall–Kier alpha value is -2.83. The van der Waals surface area contributed by atoms with E-state index in [1.165, 1.54) is 0 Å². The van der Waals surface area contributed by atoms with Crippen LogP contribution >= 0.6 is 0 Å². The first-order chi connectivity index (χ1) is 11.3. The SMILES string of the molecule is Cc1ccc(C)c(NC(=O)CNC(=O)c2ccc(F)c(F)c2F)c1. The summed E-state index contributed by atoms with van der Waals surface area (Å²) in [5.74, 6) is -6.26. The predicted molar refractivity (Wildman–Crippen MR) is 83.2 cm³/mol. The lowest BCUT2D eigenvalue weighted by atomic mass is 10.1. The third-order valence-electron chi connectivity index (χ3n) is 3.36. The van der Waals surface area contributed by atoms with E-state index in [0.717, 1.165) is 17.2 Å². The van der Waals surface area contributed by atoms with Crippen molar-refractivity contribution in [2.75, 3.05) is 11.9 Å². The first-order valence-corrected chi connectivity index (χ1v) is 7.08. The molecule has 0 aromatic heterocycles. The molecule has 2 aromatic carbocycles. The topological polar surface area (TPSA) is 58.2 Å². The largest absolute Gasteiger partial charge is 0.343 e. The van der Waals surface area contributed by atoms with Crippen molar-refractivity contribution < 1.29 is 22.8 Å². The second-order valence-electron chi connectivity index (χ2n) is 5.27. The maximum absolute atomic E-state index is 13.5. The highest BCUT2D eigenvalue weighted by Crippen LogP contribution is 2.16. The molecular weight excluding hydrogens is 321 g/mol. The number of benzene rings is 2. The average Bonchev–Trinajstić information content (AvgIpc) is 2.54. The number of carbonyl (C=O) groups excluding carboxylic acids is 2. The fourth-order valence-corrected chi connectivity index (χ4v) is 2.02. The number of aryl methyl sites for hydroxylation is 2. The van der Waals surface area contributed by atoms with E-state index in [2.05, 4.69) is 10.6 Å². The second-order valence-corrected chi connectivity index (χ2v) is 5.27. The van der Waals surface area contributed by atoms with Crippen molar-refractivity contribution in [3.63, 3.8) is 0 Å². The van der Waals surface area contributed by atoms with Gasteiger partial charge in [0.1, 0.15) is 0 Å². The predicted octanol–water partition coefficient (Wildman–Crippen LogP) is 3.09. The van der Waals surface area contributed by atoms with Crippen LogP contribution in [0.25, 0.3) is 0 Å². The number of rotatable bonds is 4. The molecule has 0 atom stereocenters. The van der Waals surface area contributed by atoms with Crippen LogP contribution in [0.2, 0.25) is 0 Å². The standard InChI is InChI=1S/C17H15F3N2O2/c1-9-3-4-10(2)13(7-9)22-14(23)8-21-17(24)11-5-6-12(18)16(20)15(11)19/h3-7H,8H2,1-2H3,(H,21,24)(H,22,23). The Morgan fingerprint density at radius 1 is 1.00 bits per heavy atom. The van der Waals surface area contributed by atoms with Crippen molar-refractivity contribution in [3.8, 4) is 0 Å². The first-order valence-electron chi connectivity index (χ1n) is 7.08. The maximum Gasteiger partial charge on any atom is 0.254 e. The number of halogens is 3. The van der Waals surface area contributed by atoms with E-state index >= 15 is 0 Å². The molecule has 0 unspecified atom stereocenters. The molecule has 0 bridgehead atoms. The van der Waals surface area contributed by atoms with E-state index in [1.54, 1.807) is 6.07 Å². The number of nitrogens with one attached hydrogen (secondary N) is 2. The lowest BCUT2D eigenvalue weighted by Gasteiger charge is -2.10. The minimum absolute atomic E-state index is 0.440. The van der Waals surface area contributed by atoms with Gasteiger partial charge in [-0.05, 0) is 43.2 Å². The van der Waals surface area contributed by atoms with Gasteiger partial charge in [-0.1, -0.05) is 12.1 Å². The normalized spacial score (nSPS) is 10.4. The molecule has 24 heavy (non-hydrogen) atoms. The Kier molecular flexibility index (Phi) is 5.23. The molecule has 7 heteroatoms. The van der Waals surface area contributed by atoms with Gasteiger partial charge in [0.15, 0.2) is 17.5 Å². The van der Waals surface area contributed by atoms with Crippen LogP contribution in [0, 0.1) is 31.3 Å². The van der Waals surface area contributed by atoms with Crippen LogP contribution in [0.4, 0.5) is 18.9 Å². The summed E-state index contributed by atoms with van der Waals surface area (Å²) in [6.45, 7) is 3.23. The molecule has 2 N–H and O–H groups in total. The fraction of sp³-hybridized carbons (Fsp3) is 0.176. The quantitative estimate of drug-likeness (QED) is 0.843. The Labute approximate surface area is 136 Å². The molecular formula is C17H15F3N2O2. The number of anilines is 1. The molecule has 0 fully saturated rings. The van der Waals surface area contributed by atoms with E-state index in [-0.39, 0.29) is 0 Å². The smallest absolute Gasteiger partial charge is 0.254 e. The fourth-order valence-electron chi connectivity index (χ4n) is 2.02. The minimum atomic E-state index is -1.73. The summed E-state index contributed by atoms with van der Waals surface area (Å²) in [7, 11) is 0. The van der Waals surface area contributed by atoms with Crippen LogP contribution in [-0.2, 0) is 4.79 Å². The summed E-state index contributed by atoms with van der Waals surface area (Å²) < 4.78 is 39.5. The van der Waals surface area contributed by atoms with Gasteiger partial charge in [-0.2, -0.15) is 0 Å². The molecule has 2 amide bonds. The molecule has 0 aliphatic heterocycles. The third kappa shape index (κ3) is 3.92. The molecule has 0 aliphatic carbocycles. The molecule has 126 valence electrons. The Bertz CT molecular complexity index is 807. The van der Waals surface area contributed by atoms with E-state index < -0.39 is 41.4 Å². The highest BCUT2D eigenvalue weighted by molar-refractivity contribution is 5.99. The molecule has 4 nitrogen and oxygen atoms in total. The van der Waals surface area contributed by atoms with E-state index in [0.29, 0.717) is 11.8 Å². The van der Waals surface area contributed by atoms with Crippen molar-refractivity contribution in [1.82, 2.24) is 5.32 Å². The zero-order valence-corrected chi connectivity index (χ0v) is 13.0. The van der Waals surface area contributed by atoms with Gasteiger partial charge < -0.3 is 10.6 Å². The third-order valence-corrected chi connectivity index (χ3v) is 3.36. The van der Waals surface area contributed by atoms with Crippen molar-refractivity contribution >= 4 is 17.5 Å². The van der Waals surface area contributed by atoms with Crippen LogP contribution in [0.3, 0.4) is 0 Å². The molecule has 2 aromatic rings. The number of amides is 2. The van der Waals surface area contributed by atoms with Gasteiger partial charge in [-0.3, -0.25) is 9.59 Å². The Balaban J connectivity index is 2.00. The molecule has 0 heterocycles. The maximum atomic E-state index is 13.5. The summed E-state index contributed by atoms with van der Waals surface area (Å²) in [5.41, 5.74) is 1.71. The number of carbonyl (C=O) groups is 2. The number of hydrogen-bond acceptors (Lipinski definition) is 2. The van der Waals surface area contributed by atoms with Crippen LogP contribution in [0.15, 0.2) is 30.3 Å². The van der Waals surface area contributed by atoms with E-state index in [4.69, 9.17) is 0 Å². The van der Waals surface area contributed by atoms with Gasteiger partial charge in [0.25, 0.3) is 5.91 Å². The molecule has 0 saturated heterocycles. The van der Waals surface area contributed by atoms with Crippen molar-refractivity contribution in [2.45, 2.75) is 13.8 Å². The molecule has 2 rings (SSSR count). The van der Waals surface area contributed by atoms with Crippen LogP contribution < -0.4 is 10.6 Å². The van der Waals surface area contributed by atoms with E-state index in [1.807, 2.05) is 26.0 Å². The molecule has 0 spiro atoms. The summed E-state index contributed by atoms with van der Waals surface area (Å²) in [6.07, 6.45) is 0. The first kappa shape index (κ1) is 17.5. The zero-order valence-electron chi connectivity index (χ0n) is 13.0. The highest BCUT2D eigenvalue weighted by atomic mass is 19.2. The van der Waals surface area contributed by atoms with Crippen LogP contribution in [0.5, 0.6) is 0 Å². The molecule has 0 radical (unpaired) electrons. The zero-order chi connectivity index (χ0) is 17.9. The van der Waals surface area contributed by atoms with Crippen LogP contribution in [0.1, 0.15) is 21.5 Å². The van der Waals surface area contributed by atoms with Gasteiger partial charge in [-0.25, -0.2) is 13.2 Å². The van der Waals surface area contributed by atoms with Gasteiger partial charge in [0, 0.05) is 5.69 Å². The van der Waals surface area contributed by atoms with E-state index in [9.17, 15) is 22.8 Å². The van der Waals surface area contributed by atoms with Crippen LogP contribution in [-0.4, -0.2) is 18.4 Å². The summed E-state index contributed by atoms with van der Waals surface area (Å²) in [4.78, 5) is 23.7. The lowest BCUT2D eigenvalue weighted by molar-refractivity contribution is -0.115. The average molecular weight is 336 g/mol. The van der Waals surface area contributed by atoms with Crippen molar-refractivity contribution in [1.29, 1.82) is 0 Å². The molecule has 0 aliphatic rings. The Morgan fingerprint density at radius 3 is 2.42 bits per heavy atom. The summed E-state index contributed by atoms with van der Waals surface area (Å²) in [5, 5.41) is 4.77.